The Morgan fingerprint density at radius 2 is 1.68 bits per heavy atom. The number of aliphatic hydroxyl groups excluding tert-OH is 1. The molecule has 5 atom stereocenters. The molecule has 3 amide bonds. The third-order valence-electron chi connectivity index (χ3n) is 5.55. The fraction of sp³-hybridized carbons (Fsp3) is 0.667. The summed E-state index contributed by atoms with van der Waals surface area (Å²) in [5, 5.41) is 26.4. The molecule has 34 heavy (non-hydrogen) atoms. The lowest BCUT2D eigenvalue weighted by Gasteiger charge is -2.25. The standard InChI is InChI=1S/C21H37N7O6/c1-3-12(2)17(23)20(32)28-16(10-29)19(31)27-15(8-13-9-24-11-25-13)18(30)26-14(21(33)34)6-4-5-7-22/h9,11-12,14-17,29H,3-8,10,22-23H2,1-2H3,(H,24,25)(H,26,30)(H,27,31)(H,28,32)(H,33,34). The first-order chi connectivity index (χ1) is 16.1. The van der Waals surface area contributed by atoms with Gasteiger partial charge in [-0.05, 0) is 31.7 Å². The Hall–Kier alpha value is -3.03. The molecule has 0 aliphatic heterocycles. The smallest absolute Gasteiger partial charge is 0.326 e. The van der Waals surface area contributed by atoms with Gasteiger partial charge in [-0.3, -0.25) is 14.4 Å². The topological polar surface area (TPSA) is 226 Å². The van der Waals surface area contributed by atoms with Gasteiger partial charge in [0, 0.05) is 18.3 Å². The van der Waals surface area contributed by atoms with Crippen LogP contribution in [0, 0.1) is 5.92 Å². The summed E-state index contributed by atoms with van der Waals surface area (Å²) < 4.78 is 0. The molecule has 13 nitrogen and oxygen atoms in total. The maximum atomic E-state index is 12.9. The molecule has 13 heteroatoms. The summed E-state index contributed by atoms with van der Waals surface area (Å²) in [5.74, 6) is -3.52. The fourth-order valence-electron chi connectivity index (χ4n) is 3.09. The van der Waals surface area contributed by atoms with Gasteiger partial charge in [0.05, 0.1) is 19.0 Å². The molecule has 1 aromatic heterocycles. The van der Waals surface area contributed by atoms with E-state index in [0.29, 0.717) is 31.5 Å². The molecule has 1 heterocycles. The summed E-state index contributed by atoms with van der Waals surface area (Å²) in [4.78, 5) is 56.3. The van der Waals surface area contributed by atoms with Crippen molar-refractivity contribution < 1.29 is 29.4 Å². The van der Waals surface area contributed by atoms with Crippen LogP contribution in [-0.2, 0) is 25.6 Å². The number of amides is 3. The van der Waals surface area contributed by atoms with Gasteiger partial charge in [-0.1, -0.05) is 20.3 Å². The van der Waals surface area contributed by atoms with Crippen LogP contribution in [0.3, 0.4) is 0 Å². The second-order valence-electron chi connectivity index (χ2n) is 8.18. The number of rotatable bonds is 16. The Morgan fingerprint density at radius 3 is 2.21 bits per heavy atom. The molecule has 192 valence electrons. The quantitative estimate of drug-likeness (QED) is 0.121. The van der Waals surface area contributed by atoms with Crippen molar-refractivity contribution in [2.75, 3.05) is 13.2 Å². The summed E-state index contributed by atoms with van der Waals surface area (Å²) >= 11 is 0. The molecule has 0 aromatic carbocycles. The van der Waals surface area contributed by atoms with E-state index in [4.69, 9.17) is 11.5 Å². The van der Waals surface area contributed by atoms with Gasteiger partial charge in [0.1, 0.15) is 18.1 Å². The van der Waals surface area contributed by atoms with E-state index in [1.54, 1.807) is 6.92 Å². The first kappa shape index (κ1) is 29.0. The monoisotopic (exact) mass is 483 g/mol. The molecule has 0 saturated carbocycles. The van der Waals surface area contributed by atoms with E-state index in [1.165, 1.54) is 12.5 Å². The number of nitrogens with two attached hydrogens (primary N) is 2. The van der Waals surface area contributed by atoms with Crippen molar-refractivity contribution in [1.82, 2.24) is 25.9 Å². The van der Waals surface area contributed by atoms with Crippen LogP contribution in [0.5, 0.6) is 0 Å². The number of aromatic amines is 1. The number of nitrogens with one attached hydrogen (secondary N) is 4. The zero-order chi connectivity index (χ0) is 25.7. The van der Waals surface area contributed by atoms with E-state index in [0.717, 1.165) is 0 Å². The Kier molecular flexibility index (Phi) is 12.8. The molecule has 0 spiro atoms. The van der Waals surface area contributed by atoms with E-state index in [2.05, 4.69) is 25.9 Å². The van der Waals surface area contributed by atoms with Crippen LogP contribution in [0.15, 0.2) is 12.5 Å². The minimum atomic E-state index is -1.35. The average Bonchev–Trinajstić information content (AvgIpc) is 3.33. The van der Waals surface area contributed by atoms with Crippen LogP contribution in [0.25, 0.3) is 0 Å². The lowest BCUT2D eigenvalue weighted by atomic mass is 9.99. The predicted molar refractivity (Wildman–Crippen MR) is 123 cm³/mol. The molecule has 1 rings (SSSR count). The average molecular weight is 484 g/mol. The van der Waals surface area contributed by atoms with Crippen molar-refractivity contribution in [3.63, 3.8) is 0 Å². The van der Waals surface area contributed by atoms with Gasteiger partial charge in [0.25, 0.3) is 0 Å². The Labute approximate surface area is 198 Å². The van der Waals surface area contributed by atoms with Gasteiger partial charge >= 0.3 is 5.97 Å². The maximum Gasteiger partial charge on any atom is 0.326 e. The number of hydrogen-bond acceptors (Lipinski definition) is 8. The summed E-state index contributed by atoms with van der Waals surface area (Å²) in [6, 6.07) is -4.58. The normalized spacial score (nSPS) is 15.4. The van der Waals surface area contributed by atoms with Gasteiger partial charge in [0.2, 0.25) is 17.7 Å². The van der Waals surface area contributed by atoms with Crippen LogP contribution in [-0.4, -0.2) is 81.2 Å². The number of carboxylic acid groups (broad SMARTS) is 1. The van der Waals surface area contributed by atoms with Gasteiger partial charge < -0.3 is 42.6 Å². The molecule has 5 unspecified atom stereocenters. The molecule has 0 bridgehead atoms. The molecular formula is C21H37N7O6. The zero-order valence-corrected chi connectivity index (χ0v) is 19.6. The Balaban J connectivity index is 2.93. The fourth-order valence-corrected chi connectivity index (χ4v) is 3.09. The SMILES string of the molecule is CCC(C)C(N)C(=O)NC(CO)C(=O)NC(Cc1cnc[nH]1)C(=O)NC(CCCCN)C(=O)O. The van der Waals surface area contributed by atoms with Crippen molar-refractivity contribution in [1.29, 1.82) is 0 Å². The van der Waals surface area contributed by atoms with E-state index in [1.807, 2.05) is 6.92 Å². The maximum absolute atomic E-state index is 12.9. The highest BCUT2D eigenvalue weighted by atomic mass is 16.4. The van der Waals surface area contributed by atoms with Crippen LogP contribution >= 0.6 is 0 Å². The predicted octanol–water partition coefficient (Wildman–Crippen LogP) is -2.01. The van der Waals surface area contributed by atoms with Gasteiger partial charge in [0.15, 0.2) is 0 Å². The molecule has 0 saturated heterocycles. The highest BCUT2D eigenvalue weighted by Crippen LogP contribution is 2.07. The number of carbonyl (C=O) groups excluding carboxylic acids is 3. The Bertz CT molecular complexity index is 789. The van der Waals surface area contributed by atoms with Crippen molar-refractivity contribution in [2.45, 2.75) is 70.1 Å². The first-order valence-corrected chi connectivity index (χ1v) is 11.3. The van der Waals surface area contributed by atoms with Crippen molar-refractivity contribution in [2.24, 2.45) is 17.4 Å². The van der Waals surface area contributed by atoms with Crippen LogP contribution in [0.2, 0.25) is 0 Å². The molecule has 10 N–H and O–H groups in total. The minimum absolute atomic E-state index is 0.0226. The number of carbonyl (C=O) groups is 4. The van der Waals surface area contributed by atoms with E-state index >= 15 is 0 Å². The number of aliphatic hydroxyl groups is 1. The summed E-state index contributed by atoms with van der Waals surface area (Å²) in [5.41, 5.74) is 11.8. The molecule has 1 aromatic rings. The number of imidazole rings is 1. The number of aliphatic carboxylic acids is 1. The summed E-state index contributed by atoms with van der Waals surface area (Å²) in [7, 11) is 0. The molecular weight excluding hydrogens is 446 g/mol. The van der Waals surface area contributed by atoms with Crippen LogP contribution < -0.4 is 27.4 Å². The van der Waals surface area contributed by atoms with Crippen molar-refractivity contribution >= 4 is 23.7 Å². The summed E-state index contributed by atoms with van der Waals surface area (Å²) in [6.07, 6.45) is 4.75. The third kappa shape index (κ3) is 9.45. The number of H-pyrrole nitrogens is 1. The second-order valence-corrected chi connectivity index (χ2v) is 8.18. The van der Waals surface area contributed by atoms with Crippen LogP contribution in [0.1, 0.15) is 45.2 Å². The number of nitrogens with zero attached hydrogens (tertiary/aromatic N) is 1. The Morgan fingerprint density at radius 1 is 1.06 bits per heavy atom. The largest absolute Gasteiger partial charge is 0.480 e. The van der Waals surface area contributed by atoms with Crippen LogP contribution in [0.4, 0.5) is 0 Å². The number of aromatic nitrogens is 2. The van der Waals surface area contributed by atoms with Gasteiger partial charge in [-0.2, -0.15) is 0 Å². The lowest BCUT2D eigenvalue weighted by Crippen LogP contribution is -2.59. The van der Waals surface area contributed by atoms with E-state index < -0.39 is 54.5 Å². The molecule has 0 aliphatic rings. The third-order valence-corrected chi connectivity index (χ3v) is 5.55. The van der Waals surface area contributed by atoms with E-state index in [9.17, 15) is 29.4 Å². The van der Waals surface area contributed by atoms with Gasteiger partial charge in [-0.25, -0.2) is 9.78 Å². The first-order valence-electron chi connectivity index (χ1n) is 11.3. The summed E-state index contributed by atoms with van der Waals surface area (Å²) in [6.45, 7) is 3.33. The lowest BCUT2D eigenvalue weighted by molar-refractivity contribution is -0.142. The van der Waals surface area contributed by atoms with Crippen molar-refractivity contribution in [3.8, 4) is 0 Å². The molecule has 0 fully saturated rings. The number of hydrogen-bond donors (Lipinski definition) is 8. The minimum Gasteiger partial charge on any atom is -0.480 e. The highest BCUT2D eigenvalue weighted by Gasteiger charge is 2.31. The van der Waals surface area contributed by atoms with Gasteiger partial charge in [-0.15, -0.1) is 0 Å². The van der Waals surface area contributed by atoms with E-state index in [-0.39, 0.29) is 18.8 Å². The number of carboxylic acids is 1. The molecule has 0 radical (unpaired) electrons. The molecule has 0 aliphatic carbocycles. The van der Waals surface area contributed by atoms with Crippen molar-refractivity contribution in [3.05, 3.63) is 18.2 Å². The highest BCUT2D eigenvalue weighted by molar-refractivity contribution is 5.94. The zero-order valence-electron chi connectivity index (χ0n) is 19.6. The number of unbranched alkanes of at least 4 members (excludes halogenated alkanes) is 1. The second kappa shape index (κ2) is 15.0.